The van der Waals surface area contributed by atoms with Crippen molar-refractivity contribution in [3.63, 3.8) is 0 Å². The lowest BCUT2D eigenvalue weighted by molar-refractivity contribution is -0.0448. The maximum Gasteiger partial charge on any atom is 0.0853 e. The fourth-order valence-electron chi connectivity index (χ4n) is 1.80. The van der Waals surface area contributed by atoms with Gasteiger partial charge in [0.05, 0.1) is 24.5 Å². The van der Waals surface area contributed by atoms with Crippen LogP contribution < -0.4 is 0 Å². The van der Waals surface area contributed by atoms with Gasteiger partial charge in [-0.2, -0.15) is 0 Å². The van der Waals surface area contributed by atoms with Crippen LogP contribution in [0.25, 0.3) is 0 Å². The molecular weight excluding hydrogens is 194 g/mol. The van der Waals surface area contributed by atoms with Gasteiger partial charge in [-0.25, -0.2) is 0 Å². The van der Waals surface area contributed by atoms with Crippen LogP contribution in [0.15, 0.2) is 18.3 Å². The molecule has 1 saturated heterocycles. The summed E-state index contributed by atoms with van der Waals surface area (Å²) in [5.41, 5.74) is 1.61. The van der Waals surface area contributed by atoms with Crippen LogP contribution in [0.3, 0.4) is 0 Å². The second-order valence-electron chi connectivity index (χ2n) is 3.78. The minimum Gasteiger partial charge on any atom is -0.393 e. The molecule has 1 aliphatic heterocycles. The summed E-state index contributed by atoms with van der Waals surface area (Å²) in [5, 5.41) is 18.5. The largest absolute Gasteiger partial charge is 0.393 e. The molecule has 4 heteroatoms. The van der Waals surface area contributed by atoms with E-state index in [0.717, 1.165) is 5.56 Å². The standard InChI is InChI=1S/C11H15NO3/c13-7-9-5-8(1-3-12-9)11-6-10(14)2-4-15-11/h1,3,5,10-11,13-14H,2,4,6-7H2. The average Bonchev–Trinajstić information content (AvgIpc) is 2.29. The molecule has 0 amide bonds. The molecule has 2 N–H and O–H groups in total. The second-order valence-corrected chi connectivity index (χ2v) is 3.78. The highest BCUT2D eigenvalue weighted by atomic mass is 16.5. The van der Waals surface area contributed by atoms with Crippen LogP contribution in [0.4, 0.5) is 0 Å². The Bertz CT molecular complexity index is 329. The highest BCUT2D eigenvalue weighted by Gasteiger charge is 2.22. The fourth-order valence-corrected chi connectivity index (χ4v) is 1.80. The third-order valence-corrected chi connectivity index (χ3v) is 2.63. The first-order valence-electron chi connectivity index (χ1n) is 5.15. The van der Waals surface area contributed by atoms with Crippen molar-refractivity contribution in [3.8, 4) is 0 Å². The van der Waals surface area contributed by atoms with E-state index in [4.69, 9.17) is 9.84 Å². The lowest BCUT2D eigenvalue weighted by Crippen LogP contribution is -2.23. The van der Waals surface area contributed by atoms with Crippen molar-refractivity contribution < 1.29 is 14.9 Å². The van der Waals surface area contributed by atoms with Crippen molar-refractivity contribution in [2.24, 2.45) is 0 Å². The Balaban J connectivity index is 2.13. The highest BCUT2D eigenvalue weighted by molar-refractivity contribution is 5.19. The number of aliphatic hydroxyl groups is 2. The predicted molar refractivity (Wildman–Crippen MR) is 54.1 cm³/mol. The zero-order valence-corrected chi connectivity index (χ0v) is 8.47. The van der Waals surface area contributed by atoms with Gasteiger partial charge >= 0.3 is 0 Å². The summed E-state index contributed by atoms with van der Waals surface area (Å²) in [4.78, 5) is 4.00. The van der Waals surface area contributed by atoms with Crippen LogP contribution in [0, 0.1) is 0 Å². The maximum atomic E-state index is 9.52. The maximum absolute atomic E-state index is 9.52. The van der Waals surface area contributed by atoms with Gasteiger partial charge in [0.1, 0.15) is 0 Å². The Hall–Kier alpha value is -0.970. The molecule has 15 heavy (non-hydrogen) atoms. The van der Waals surface area contributed by atoms with E-state index in [9.17, 15) is 5.11 Å². The van der Waals surface area contributed by atoms with Gasteiger partial charge in [0.2, 0.25) is 0 Å². The number of hydrogen-bond acceptors (Lipinski definition) is 4. The number of hydrogen-bond donors (Lipinski definition) is 2. The van der Waals surface area contributed by atoms with Gasteiger partial charge in [-0.3, -0.25) is 4.98 Å². The minimum atomic E-state index is -0.283. The molecule has 0 radical (unpaired) electrons. The van der Waals surface area contributed by atoms with Crippen LogP contribution in [0.2, 0.25) is 0 Å². The van der Waals surface area contributed by atoms with E-state index in [2.05, 4.69) is 4.98 Å². The third-order valence-electron chi connectivity index (χ3n) is 2.63. The molecule has 2 unspecified atom stereocenters. The molecule has 1 aromatic rings. The first-order chi connectivity index (χ1) is 7.29. The highest BCUT2D eigenvalue weighted by Crippen LogP contribution is 2.27. The van der Waals surface area contributed by atoms with Gasteiger partial charge in [-0.15, -0.1) is 0 Å². The Kier molecular flexibility index (Phi) is 3.30. The van der Waals surface area contributed by atoms with E-state index in [1.165, 1.54) is 0 Å². The molecule has 0 spiro atoms. The summed E-state index contributed by atoms with van der Waals surface area (Å²) >= 11 is 0. The topological polar surface area (TPSA) is 62.6 Å². The van der Waals surface area contributed by atoms with Crippen molar-refractivity contribution in [1.29, 1.82) is 0 Å². The van der Waals surface area contributed by atoms with Crippen molar-refractivity contribution in [2.45, 2.75) is 31.7 Å². The summed E-state index contributed by atoms with van der Waals surface area (Å²) in [5.74, 6) is 0. The average molecular weight is 209 g/mol. The fraction of sp³-hybridized carbons (Fsp3) is 0.545. The first kappa shape index (κ1) is 10.5. The number of aromatic nitrogens is 1. The van der Waals surface area contributed by atoms with Crippen LogP contribution in [-0.2, 0) is 11.3 Å². The van der Waals surface area contributed by atoms with E-state index < -0.39 is 0 Å². The Morgan fingerprint density at radius 1 is 1.53 bits per heavy atom. The molecule has 4 nitrogen and oxygen atoms in total. The molecule has 2 heterocycles. The Morgan fingerprint density at radius 2 is 2.40 bits per heavy atom. The molecule has 82 valence electrons. The molecule has 1 aliphatic rings. The summed E-state index contributed by atoms with van der Waals surface area (Å²) in [6.07, 6.45) is 2.63. The molecule has 2 atom stereocenters. The zero-order chi connectivity index (χ0) is 10.7. The third kappa shape index (κ3) is 2.53. The number of aliphatic hydroxyl groups excluding tert-OH is 2. The SMILES string of the molecule is OCc1cc(C2CC(O)CCO2)ccn1. The van der Waals surface area contributed by atoms with Gasteiger partial charge < -0.3 is 14.9 Å². The number of pyridine rings is 1. The summed E-state index contributed by atoms with van der Waals surface area (Å²) in [6, 6.07) is 3.69. The quantitative estimate of drug-likeness (QED) is 0.755. The predicted octanol–water partition coefficient (Wildman–Crippen LogP) is 0.786. The number of ether oxygens (including phenoxy) is 1. The van der Waals surface area contributed by atoms with Gasteiger partial charge in [0, 0.05) is 19.2 Å². The summed E-state index contributed by atoms with van der Waals surface area (Å²) in [7, 11) is 0. The van der Waals surface area contributed by atoms with Crippen molar-refractivity contribution in [2.75, 3.05) is 6.61 Å². The molecule has 0 bridgehead atoms. The zero-order valence-electron chi connectivity index (χ0n) is 8.47. The molecular formula is C11H15NO3. The Labute approximate surface area is 88.5 Å². The van der Waals surface area contributed by atoms with Crippen molar-refractivity contribution in [1.82, 2.24) is 4.98 Å². The van der Waals surface area contributed by atoms with E-state index in [0.29, 0.717) is 25.1 Å². The molecule has 0 aliphatic carbocycles. The first-order valence-corrected chi connectivity index (χ1v) is 5.15. The van der Waals surface area contributed by atoms with Crippen LogP contribution in [-0.4, -0.2) is 27.9 Å². The number of nitrogens with zero attached hydrogens (tertiary/aromatic N) is 1. The summed E-state index contributed by atoms with van der Waals surface area (Å²) in [6.45, 7) is 0.520. The van der Waals surface area contributed by atoms with Gasteiger partial charge in [0.15, 0.2) is 0 Å². The van der Waals surface area contributed by atoms with Gasteiger partial charge in [-0.1, -0.05) is 0 Å². The van der Waals surface area contributed by atoms with Crippen molar-refractivity contribution in [3.05, 3.63) is 29.6 Å². The van der Waals surface area contributed by atoms with Crippen LogP contribution in [0.1, 0.15) is 30.2 Å². The van der Waals surface area contributed by atoms with Gasteiger partial charge in [-0.05, 0) is 24.1 Å². The van der Waals surface area contributed by atoms with Crippen LogP contribution >= 0.6 is 0 Å². The van der Waals surface area contributed by atoms with E-state index in [-0.39, 0.29) is 18.8 Å². The lowest BCUT2D eigenvalue weighted by Gasteiger charge is -2.26. The molecule has 1 fully saturated rings. The van der Waals surface area contributed by atoms with Gasteiger partial charge in [0.25, 0.3) is 0 Å². The van der Waals surface area contributed by atoms with E-state index in [1.807, 2.05) is 12.1 Å². The van der Waals surface area contributed by atoms with E-state index in [1.54, 1.807) is 6.20 Å². The molecule has 0 saturated carbocycles. The second kappa shape index (κ2) is 4.70. The monoisotopic (exact) mass is 209 g/mol. The minimum absolute atomic E-state index is 0.0664. The molecule has 2 rings (SSSR count). The van der Waals surface area contributed by atoms with Crippen molar-refractivity contribution >= 4 is 0 Å². The van der Waals surface area contributed by atoms with Crippen LogP contribution in [0.5, 0.6) is 0 Å². The van der Waals surface area contributed by atoms with E-state index >= 15 is 0 Å². The smallest absolute Gasteiger partial charge is 0.0853 e. The lowest BCUT2D eigenvalue weighted by atomic mass is 10.00. The number of rotatable bonds is 2. The summed E-state index contributed by atoms with van der Waals surface area (Å²) < 4.78 is 5.56. The normalized spacial score (nSPS) is 26.5. The molecule has 1 aromatic heterocycles. The Morgan fingerprint density at radius 3 is 3.13 bits per heavy atom. The molecule has 0 aromatic carbocycles.